The van der Waals surface area contributed by atoms with Crippen LogP contribution < -0.4 is 10.1 Å². The maximum atomic E-state index is 13.1. The van der Waals surface area contributed by atoms with Crippen LogP contribution in [0.15, 0.2) is 12.1 Å². The van der Waals surface area contributed by atoms with E-state index in [0.717, 1.165) is 61.1 Å². The van der Waals surface area contributed by atoms with Crippen molar-refractivity contribution in [3.05, 3.63) is 23.3 Å². The Bertz CT molecular complexity index is 575. The van der Waals surface area contributed by atoms with Gasteiger partial charge in [-0.2, -0.15) is 0 Å². The molecule has 0 atom stereocenters. The Hall–Kier alpha value is -1.55. The van der Waals surface area contributed by atoms with E-state index in [9.17, 15) is 4.79 Å². The van der Waals surface area contributed by atoms with Gasteiger partial charge in [0.1, 0.15) is 11.4 Å². The van der Waals surface area contributed by atoms with Crippen LogP contribution in [0.1, 0.15) is 70.4 Å². The fraction of sp³-hybridized carbons (Fsp3) is 0.682. The second kappa shape index (κ2) is 9.40. The summed E-state index contributed by atoms with van der Waals surface area (Å²) in [6, 6.07) is 3.99. The van der Waals surface area contributed by atoms with Crippen LogP contribution in [-0.2, 0) is 9.53 Å². The number of rotatable bonds is 8. The third-order valence-electron chi connectivity index (χ3n) is 5.25. The second-order valence-electron chi connectivity index (χ2n) is 7.77. The number of carbonyl (C=O) groups excluding carboxylic acids is 1. The van der Waals surface area contributed by atoms with Gasteiger partial charge in [-0.05, 0) is 81.5 Å². The van der Waals surface area contributed by atoms with Crippen LogP contribution in [0, 0.1) is 19.8 Å². The van der Waals surface area contributed by atoms with Gasteiger partial charge in [0.2, 0.25) is 0 Å². The Labute approximate surface area is 158 Å². The maximum absolute atomic E-state index is 13.1. The first-order valence-corrected chi connectivity index (χ1v) is 10.1. The highest BCUT2D eigenvalue weighted by Gasteiger charge is 2.42. The Morgan fingerprint density at radius 3 is 2.23 bits per heavy atom. The molecule has 26 heavy (non-hydrogen) atoms. The van der Waals surface area contributed by atoms with E-state index in [1.54, 1.807) is 0 Å². The summed E-state index contributed by atoms with van der Waals surface area (Å²) in [6.45, 7) is 11.8. The summed E-state index contributed by atoms with van der Waals surface area (Å²) in [5, 5.41) is 3.12. The normalized spacial score (nSPS) is 22.9. The molecule has 1 aromatic carbocycles. The van der Waals surface area contributed by atoms with Crippen molar-refractivity contribution in [2.24, 2.45) is 5.92 Å². The van der Waals surface area contributed by atoms with Gasteiger partial charge < -0.3 is 14.8 Å². The third kappa shape index (κ3) is 5.00. The average Bonchev–Trinajstić information content (AvgIpc) is 2.61. The zero-order valence-corrected chi connectivity index (χ0v) is 17.1. The molecule has 4 nitrogen and oxygen atoms in total. The van der Waals surface area contributed by atoms with Gasteiger partial charge in [-0.3, -0.25) is 4.79 Å². The Morgan fingerprint density at radius 2 is 1.69 bits per heavy atom. The molecular formula is C22H35NO3. The lowest BCUT2D eigenvalue weighted by atomic mass is 9.78. The molecule has 146 valence electrons. The van der Waals surface area contributed by atoms with E-state index in [-0.39, 0.29) is 5.91 Å². The minimum absolute atomic E-state index is 0.00104. The molecule has 4 heteroatoms. The molecule has 1 amide bonds. The number of hydrogen-bond donors (Lipinski definition) is 1. The minimum atomic E-state index is -0.679. The highest BCUT2D eigenvalue weighted by molar-refractivity contribution is 5.97. The summed E-state index contributed by atoms with van der Waals surface area (Å²) in [7, 11) is 0. The smallest absolute Gasteiger partial charge is 0.256 e. The molecule has 0 radical (unpaired) electrons. The van der Waals surface area contributed by atoms with Crippen molar-refractivity contribution in [3.63, 3.8) is 0 Å². The zero-order chi connectivity index (χ0) is 19.2. The molecule has 0 saturated heterocycles. The molecule has 0 bridgehead atoms. The predicted molar refractivity (Wildman–Crippen MR) is 107 cm³/mol. The van der Waals surface area contributed by atoms with E-state index in [1.165, 1.54) is 0 Å². The summed E-state index contributed by atoms with van der Waals surface area (Å²) >= 11 is 0. The van der Waals surface area contributed by atoms with Crippen LogP contribution in [0.3, 0.4) is 0 Å². The number of benzene rings is 1. The van der Waals surface area contributed by atoms with Crippen molar-refractivity contribution in [2.75, 3.05) is 18.5 Å². The first kappa shape index (κ1) is 20.8. The number of amides is 1. The van der Waals surface area contributed by atoms with Crippen molar-refractivity contribution in [2.45, 2.75) is 78.7 Å². The molecule has 1 fully saturated rings. The SMILES string of the molecule is CCCOc1c(C)cc(NC(=O)C2(OCCC)CCC(C)CC2)cc1C. The molecule has 1 saturated carbocycles. The molecule has 0 aromatic heterocycles. The predicted octanol–water partition coefficient (Wildman–Crippen LogP) is 5.41. The van der Waals surface area contributed by atoms with Gasteiger partial charge in [0.25, 0.3) is 5.91 Å². The Morgan fingerprint density at radius 1 is 1.12 bits per heavy atom. The number of hydrogen-bond acceptors (Lipinski definition) is 3. The van der Waals surface area contributed by atoms with Gasteiger partial charge in [-0.1, -0.05) is 20.8 Å². The van der Waals surface area contributed by atoms with Gasteiger partial charge in [0.05, 0.1) is 6.61 Å². The molecule has 2 rings (SSSR count). The van der Waals surface area contributed by atoms with E-state index in [4.69, 9.17) is 9.47 Å². The number of aryl methyl sites for hydroxylation is 2. The molecule has 0 unspecified atom stereocenters. The second-order valence-corrected chi connectivity index (χ2v) is 7.77. The Balaban J connectivity index is 2.15. The lowest BCUT2D eigenvalue weighted by molar-refractivity contribution is -0.147. The third-order valence-corrected chi connectivity index (χ3v) is 5.25. The van der Waals surface area contributed by atoms with Crippen LogP contribution in [0.4, 0.5) is 5.69 Å². The van der Waals surface area contributed by atoms with Gasteiger partial charge in [-0.25, -0.2) is 0 Å². The molecule has 1 aliphatic carbocycles. The number of nitrogens with one attached hydrogen (secondary N) is 1. The van der Waals surface area contributed by atoms with Crippen LogP contribution in [-0.4, -0.2) is 24.7 Å². The number of ether oxygens (including phenoxy) is 2. The topological polar surface area (TPSA) is 47.6 Å². The first-order chi connectivity index (χ1) is 12.4. The standard InChI is InChI=1S/C22H35NO3/c1-6-12-25-20-17(4)14-19(15-18(20)5)23-21(24)22(26-13-7-2)10-8-16(3)9-11-22/h14-16H,6-13H2,1-5H3,(H,23,24). The quantitative estimate of drug-likeness (QED) is 0.674. The van der Waals surface area contributed by atoms with Gasteiger partial charge in [-0.15, -0.1) is 0 Å². The number of anilines is 1. The van der Waals surface area contributed by atoms with Crippen LogP contribution in [0.25, 0.3) is 0 Å². The van der Waals surface area contributed by atoms with Gasteiger partial charge in [0.15, 0.2) is 0 Å². The first-order valence-electron chi connectivity index (χ1n) is 10.1. The van der Waals surface area contributed by atoms with E-state index in [0.29, 0.717) is 19.1 Å². The highest BCUT2D eigenvalue weighted by Crippen LogP contribution is 2.36. The van der Waals surface area contributed by atoms with Crippen LogP contribution in [0.2, 0.25) is 0 Å². The van der Waals surface area contributed by atoms with E-state index < -0.39 is 5.60 Å². The van der Waals surface area contributed by atoms with E-state index in [1.807, 2.05) is 26.0 Å². The summed E-state index contributed by atoms with van der Waals surface area (Å²) in [5.41, 5.74) is 2.25. The van der Waals surface area contributed by atoms with E-state index in [2.05, 4.69) is 26.1 Å². The molecule has 0 spiro atoms. The fourth-order valence-corrected chi connectivity index (χ4v) is 3.66. The summed E-state index contributed by atoms with van der Waals surface area (Å²) in [5.74, 6) is 1.59. The van der Waals surface area contributed by atoms with Crippen molar-refractivity contribution < 1.29 is 14.3 Å². The van der Waals surface area contributed by atoms with Crippen molar-refractivity contribution >= 4 is 11.6 Å². The molecule has 1 aliphatic rings. The Kier molecular flexibility index (Phi) is 7.51. The maximum Gasteiger partial charge on any atom is 0.256 e. The monoisotopic (exact) mass is 361 g/mol. The fourth-order valence-electron chi connectivity index (χ4n) is 3.66. The average molecular weight is 362 g/mol. The van der Waals surface area contributed by atoms with Gasteiger partial charge >= 0.3 is 0 Å². The lowest BCUT2D eigenvalue weighted by Crippen LogP contribution is -2.48. The summed E-state index contributed by atoms with van der Waals surface area (Å²) in [6.07, 6.45) is 5.59. The molecule has 1 aromatic rings. The van der Waals surface area contributed by atoms with E-state index >= 15 is 0 Å². The van der Waals surface area contributed by atoms with Crippen molar-refractivity contribution in [1.82, 2.24) is 0 Å². The highest BCUT2D eigenvalue weighted by atomic mass is 16.5. The molecule has 1 N–H and O–H groups in total. The lowest BCUT2D eigenvalue weighted by Gasteiger charge is -2.38. The largest absolute Gasteiger partial charge is 0.493 e. The molecule has 0 heterocycles. The van der Waals surface area contributed by atoms with Crippen molar-refractivity contribution in [3.8, 4) is 5.75 Å². The molecule has 0 aliphatic heterocycles. The summed E-state index contributed by atoms with van der Waals surface area (Å²) < 4.78 is 11.9. The molecular weight excluding hydrogens is 326 g/mol. The number of carbonyl (C=O) groups is 1. The van der Waals surface area contributed by atoms with Crippen molar-refractivity contribution in [1.29, 1.82) is 0 Å². The van der Waals surface area contributed by atoms with Crippen LogP contribution in [0.5, 0.6) is 5.75 Å². The summed E-state index contributed by atoms with van der Waals surface area (Å²) in [4.78, 5) is 13.1. The van der Waals surface area contributed by atoms with Crippen LogP contribution >= 0.6 is 0 Å². The van der Waals surface area contributed by atoms with Gasteiger partial charge in [0, 0.05) is 12.3 Å². The minimum Gasteiger partial charge on any atom is -0.493 e. The zero-order valence-electron chi connectivity index (χ0n) is 17.1.